The summed E-state index contributed by atoms with van der Waals surface area (Å²) in [5, 5.41) is 0. The van der Waals surface area contributed by atoms with Crippen LogP contribution in [0.3, 0.4) is 0 Å². The molecule has 3 nitrogen and oxygen atoms in total. The summed E-state index contributed by atoms with van der Waals surface area (Å²) in [7, 11) is 3.43. The standard InChI is InChI=1S/C15H15FNO2S3.ClH/c16-12-3-1-11(2-4-12)13(18)10-20-15-9-14(21-22-15)17-5-7-19-8-6-17;/h1-4,9H,5-8,10H2;1H/q+1;/p-1. The Bertz CT molecular complexity index is 719. The number of hydrogen-bond acceptors (Lipinski definition) is 5. The molecule has 0 N–H and O–H groups in total. The number of thioether (sulfide) groups is 1. The van der Waals surface area contributed by atoms with Crippen molar-refractivity contribution >= 4 is 38.2 Å². The van der Waals surface area contributed by atoms with Crippen LogP contribution in [0.4, 0.5) is 4.39 Å². The van der Waals surface area contributed by atoms with Gasteiger partial charge in [-0.25, -0.2) is 8.97 Å². The molecule has 23 heavy (non-hydrogen) atoms. The molecule has 0 bridgehead atoms. The SMILES string of the molecule is O=C(CSc1cc(=[N+]2CCOCC2)ss1)c1ccc(F)cc1.[Cl-]. The van der Waals surface area contributed by atoms with Crippen molar-refractivity contribution in [3.05, 3.63) is 46.4 Å². The van der Waals surface area contributed by atoms with E-state index in [9.17, 15) is 9.18 Å². The molecule has 1 aliphatic rings. The van der Waals surface area contributed by atoms with Gasteiger partial charge in [-0.1, -0.05) is 10.3 Å². The predicted octanol–water partition coefficient (Wildman–Crippen LogP) is -0.270. The van der Waals surface area contributed by atoms with Crippen molar-refractivity contribution in [2.24, 2.45) is 0 Å². The zero-order valence-electron chi connectivity index (χ0n) is 12.2. The number of rotatable bonds is 4. The van der Waals surface area contributed by atoms with Gasteiger partial charge in [0.15, 0.2) is 18.9 Å². The van der Waals surface area contributed by atoms with Gasteiger partial charge >= 0.3 is 0 Å². The summed E-state index contributed by atoms with van der Waals surface area (Å²) in [6.07, 6.45) is 0. The number of nitrogens with zero attached hydrogens (tertiary/aromatic N) is 1. The third kappa shape index (κ3) is 5.12. The molecule has 0 amide bonds. The number of benzene rings is 1. The maximum absolute atomic E-state index is 12.9. The van der Waals surface area contributed by atoms with Gasteiger partial charge in [0.1, 0.15) is 19.0 Å². The molecule has 1 fully saturated rings. The van der Waals surface area contributed by atoms with Crippen LogP contribution in [0.5, 0.6) is 0 Å². The van der Waals surface area contributed by atoms with E-state index >= 15 is 0 Å². The lowest BCUT2D eigenvalue weighted by atomic mass is 10.1. The second kappa shape index (κ2) is 8.94. The third-order valence-electron chi connectivity index (χ3n) is 3.28. The molecule has 8 heteroatoms. The molecule has 0 aliphatic carbocycles. The van der Waals surface area contributed by atoms with E-state index in [1.165, 1.54) is 28.9 Å². The monoisotopic (exact) mass is 391 g/mol. The molecule has 1 saturated heterocycles. The van der Waals surface area contributed by atoms with Crippen LogP contribution >= 0.6 is 32.4 Å². The summed E-state index contributed by atoms with van der Waals surface area (Å²) >= 11 is 1.54. The minimum atomic E-state index is -0.320. The van der Waals surface area contributed by atoms with E-state index in [1.54, 1.807) is 32.4 Å². The highest BCUT2D eigenvalue weighted by Gasteiger charge is 2.14. The lowest BCUT2D eigenvalue weighted by Crippen LogP contribution is -3.00. The van der Waals surface area contributed by atoms with Gasteiger partial charge in [-0.2, -0.15) is 0 Å². The first-order valence-corrected chi connectivity index (χ1v) is 10.0. The average molecular weight is 392 g/mol. The molecule has 1 aromatic carbocycles. The molecule has 0 atom stereocenters. The molecule has 0 unspecified atom stereocenters. The second-order valence-corrected chi connectivity index (χ2v) is 8.25. The highest BCUT2D eigenvalue weighted by atomic mass is 35.5. The lowest BCUT2D eigenvalue weighted by Gasteiger charge is -2.09. The summed E-state index contributed by atoms with van der Waals surface area (Å²) in [6, 6.07) is 7.86. The van der Waals surface area contributed by atoms with Gasteiger partial charge in [-0.15, -0.1) is 11.8 Å². The Labute approximate surface area is 151 Å². The first kappa shape index (κ1) is 18.6. The fraction of sp³-hybridized carbons (Fsp3) is 0.333. The number of halogens is 2. The van der Waals surface area contributed by atoms with Crippen molar-refractivity contribution in [3.63, 3.8) is 0 Å². The molecule has 0 spiro atoms. The van der Waals surface area contributed by atoms with Crippen LogP contribution < -0.4 is 21.7 Å². The molecule has 3 rings (SSSR count). The van der Waals surface area contributed by atoms with Gasteiger partial charge in [0.2, 0.25) is 0 Å². The number of hydrogen-bond donors (Lipinski definition) is 0. The van der Waals surface area contributed by atoms with Crippen LogP contribution in [0, 0.1) is 5.82 Å². The number of morpholine rings is 1. The number of carbonyl (C=O) groups excluding carboxylic acids is 1. The van der Waals surface area contributed by atoms with Crippen molar-refractivity contribution in [1.82, 2.24) is 4.58 Å². The fourth-order valence-electron chi connectivity index (χ4n) is 2.08. The number of Topliss-reactive ketones (excluding diaryl/α,β-unsaturated/α-hetero) is 1. The van der Waals surface area contributed by atoms with Crippen LogP contribution in [-0.2, 0) is 4.74 Å². The van der Waals surface area contributed by atoms with Crippen LogP contribution in [0.1, 0.15) is 10.4 Å². The van der Waals surface area contributed by atoms with Crippen molar-refractivity contribution in [3.8, 4) is 0 Å². The smallest absolute Gasteiger partial charge is 0.268 e. The van der Waals surface area contributed by atoms with Gasteiger partial charge in [0.05, 0.1) is 9.96 Å². The number of ketones is 1. The van der Waals surface area contributed by atoms with E-state index < -0.39 is 0 Å². The fourth-order valence-corrected chi connectivity index (χ4v) is 5.86. The van der Waals surface area contributed by atoms with Crippen molar-refractivity contribution in [2.45, 2.75) is 4.21 Å². The van der Waals surface area contributed by atoms with E-state index in [-0.39, 0.29) is 24.0 Å². The minimum absolute atomic E-state index is 0. The molecule has 1 aromatic heterocycles. The molecule has 0 saturated carbocycles. The van der Waals surface area contributed by atoms with Gasteiger partial charge in [-0.05, 0) is 34.6 Å². The Morgan fingerprint density at radius 2 is 1.91 bits per heavy atom. The topological polar surface area (TPSA) is 29.3 Å². The highest BCUT2D eigenvalue weighted by molar-refractivity contribution is 8.03. The van der Waals surface area contributed by atoms with Gasteiger partial charge in [-0.3, -0.25) is 4.79 Å². The summed E-state index contributed by atoms with van der Waals surface area (Å²) in [5.41, 5.74) is 0.558. The van der Waals surface area contributed by atoms with Gasteiger partial charge in [0.25, 0.3) is 4.67 Å². The highest BCUT2D eigenvalue weighted by Crippen LogP contribution is 2.25. The number of carbonyl (C=O) groups is 1. The minimum Gasteiger partial charge on any atom is -1.00 e. The molecule has 2 heterocycles. The average Bonchev–Trinajstić information content (AvgIpc) is 3.03. The van der Waals surface area contributed by atoms with Crippen molar-refractivity contribution in [1.29, 1.82) is 0 Å². The van der Waals surface area contributed by atoms with E-state index in [2.05, 4.69) is 10.6 Å². The van der Waals surface area contributed by atoms with E-state index in [0.717, 1.165) is 30.5 Å². The molecule has 1 aliphatic heterocycles. The lowest BCUT2D eigenvalue weighted by molar-refractivity contribution is -0.0000134. The second-order valence-electron chi connectivity index (χ2n) is 4.79. The van der Waals surface area contributed by atoms with E-state index in [0.29, 0.717) is 11.3 Å². The van der Waals surface area contributed by atoms with E-state index in [4.69, 9.17) is 4.74 Å². The largest absolute Gasteiger partial charge is 1.00 e. The zero-order valence-corrected chi connectivity index (χ0v) is 15.4. The van der Waals surface area contributed by atoms with Crippen LogP contribution in [0.2, 0.25) is 0 Å². The van der Waals surface area contributed by atoms with E-state index in [1.807, 2.05) is 0 Å². The van der Waals surface area contributed by atoms with Crippen LogP contribution in [0.15, 0.2) is 34.5 Å². The summed E-state index contributed by atoms with van der Waals surface area (Å²) in [4.78, 5) is 12.1. The van der Waals surface area contributed by atoms with Crippen LogP contribution in [-0.4, -0.2) is 37.8 Å². The third-order valence-corrected chi connectivity index (χ3v) is 7.23. The van der Waals surface area contributed by atoms with Gasteiger partial charge in [0, 0.05) is 11.6 Å². The number of ether oxygens (including phenoxy) is 1. The quantitative estimate of drug-likeness (QED) is 0.311. The predicted molar refractivity (Wildman–Crippen MR) is 89.5 cm³/mol. The van der Waals surface area contributed by atoms with Crippen molar-refractivity contribution < 1.29 is 26.3 Å². The Morgan fingerprint density at radius 3 is 2.61 bits per heavy atom. The Kier molecular flexibility index (Phi) is 7.23. The summed E-state index contributed by atoms with van der Waals surface area (Å²) in [6.45, 7) is 3.39. The summed E-state index contributed by atoms with van der Waals surface area (Å²) < 4.78 is 22.9. The summed E-state index contributed by atoms with van der Waals surface area (Å²) in [5.74, 6) is 0.0808. The molecular weight excluding hydrogens is 377 g/mol. The maximum Gasteiger partial charge on any atom is 0.268 e. The maximum atomic E-state index is 12.9. The first-order chi connectivity index (χ1) is 10.7. The Balaban J connectivity index is 0.00000192. The van der Waals surface area contributed by atoms with Gasteiger partial charge < -0.3 is 17.1 Å². The van der Waals surface area contributed by atoms with Crippen LogP contribution in [0.25, 0.3) is 0 Å². The Hall–Kier alpha value is -0.730. The first-order valence-electron chi connectivity index (χ1n) is 6.90. The molecule has 124 valence electrons. The molecule has 2 aromatic rings. The normalized spacial score (nSPS) is 14.4. The zero-order chi connectivity index (χ0) is 15.4. The molecular formula is C15H15ClFNO2S3. The van der Waals surface area contributed by atoms with Crippen molar-refractivity contribution in [2.75, 3.05) is 32.1 Å². The molecule has 0 radical (unpaired) electrons. The Morgan fingerprint density at radius 1 is 1.22 bits per heavy atom.